The quantitative estimate of drug-likeness (QED) is 0.610. The van der Waals surface area contributed by atoms with Gasteiger partial charge in [-0.1, -0.05) is 12.1 Å². The van der Waals surface area contributed by atoms with Crippen molar-refractivity contribution in [2.75, 3.05) is 13.7 Å². The Morgan fingerprint density at radius 2 is 2.16 bits per heavy atom. The van der Waals surface area contributed by atoms with E-state index in [1.165, 1.54) is 7.11 Å². The minimum Gasteiger partial charge on any atom is -0.465 e. The lowest BCUT2D eigenvalue weighted by Crippen LogP contribution is -2.17. The van der Waals surface area contributed by atoms with E-state index in [1.54, 1.807) is 18.3 Å². The van der Waals surface area contributed by atoms with Gasteiger partial charge in [0.15, 0.2) is 0 Å². The summed E-state index contributed by atoms with van der Waals surface area (Å²) in [5, 5.41) is 3.33. The molecule has 0 bridgehead atoms. The van der Waals surface area contributed by atoms with E-state index in [0.717, 1.165) is 30.9 Å². The Balaban J connectivity index is 1.75. The van der Waals surface area contributed by atoms with Crippen LogP contribution in [0, 0.1) is 0 Å². The molecule has 1 aromatic carbocycles. The lowest BCUT2D eigenvalue weighted by molar-refractivity contribution is 0.0600. The first-order valence-electron chi connectivity index (χ1n) is 6.16. The maximum absolute atomic E-state index is 11.3. The first-order valence-corrected chi connectivity index (χ1v) is 6.16. The van der Waals surface area contributed by atoms with E-state index in [2.05, 4.69) is 20.0 Å². The molecule has 1 aromatic heterocycles. The first-order chi connectivity index (χ1) is 9.29. The number of methoxy groups -OCH3 is 1. The molecule has 2 N–H and O–H groups in total. The zero-order valence-electron chi connectivity index (χ0n) is 10.8. The van der Waals surface area contributed by atoms with Crippen LogP contribution in [0.15, 0.2) is 36.7 Å². The Morgan fingerprint density at radius 1 is 1.37 bits per heavy atom. The molecule has 0 aliphatic rings. The van der Waals surface area contributed by atoms with Crippen molar-refractivity contribution in [2.24, 2.45) is 0 Å². The highest BCUT2D eigenvalue weighted by molar-refractivity contribution is 5.89. The second-order valence-electron chi connectivity index (χ2n) is 4.15. The average Bonchev–Trinajstić information content (AvgIpc) is 2.96. The number of nitrogens with zero attached hydrogens (tertiary/aromatic N) is 1. The van der Waals surface area contributed by atoms with Crippen LogP contribution in [-0.4, -0.2) is 29.6 Å². The van der Waals surface area contributed by atoms with Gasteiger partial charge in [0.05, 0.1) is 12.7 Å². The molecule has 0 amide bonds. The van der Waals surface area contributed by atoms with Crippen LogP contribution in [0.1, 0.15) is 21.7 Å². The summed E-state index contributed by atoms with van der Waals surface area (Å²) in [6.07, 6.45) is 4.44. The molecule has 0 aliphatic heterocycles. The number of ether oxygens (including phenoxy) is 1. The van der Waals surface area contributed by atoms with Crippen LogP contribution in [0.5, 0.6) is 0 Å². The zero-order chi connectivity index (χ0) is 13.5. The molecular weight excluding hydrogens is 242 g/mol. The Morgan fingerprint density at radius 3 is 2.79 bits per heavy atom. The van der Waals surface area contributed by atoms with Gasteiger partial charge in [-0.3, -0.25) is 0 Å². The number of nitrogens with one attached hydrogen (secondary N) is 2. The van der Waals surface area contributed by atoms with Crippen molar-refractivity contribution in [1.82, 2.24) is 15.3 Å². The second-order valence-corrected chi connectivity index (χ2v) is 4.15. The largest absolute Gasteiger partial charge is 0.465 e. The highest BCUT2D eigenvalue weighted by Gasteiger charge is 2.03. The van der Waals surface area contributed by atoms with Gasteiger partial charge in [-0.15, -0.1) is 0 Å². The Bertz CT molecular complexity index is 506. The molecule has 1 heterocycles. The third kappa shape index (κ3) is 3.93. The van der Waals surface area contributed by atoms with E-state index in [9.17, 15) is 4.79 Å². The van der Waals surface area contributed by atoms with Crippen molar-refractivity contribution < 1.29 is 9.53 Å². The standard InChI is InChI=1S/C14H17N3O2/c1-19-14(18)12-4-2-11(3-5-12)10-15-7-6-13-16-8-9-17-13/h2-5,8-9,15H,6-7,10H2,1H3,(H,16,17). The molecular formula is C14H17N3O2. The third-order valence-corrected chi connectivity index (χ3v) is 2.80. The number of hydrogen-bond acceptors (Lipinski definition) is 4. The van der Waals surface area contributed by atoms with Gasteiger partial charge in [-0.05, 0) is 17.7 Å². The van der Waals surface area contributed by atoms with Crippen molar-refractivity contribution in [3.8, 4) is 0 Å². The van der Waals surface area contributed by atoms with Crippen LogP contribution in [0.25, 0.3) is 0 Å². The van der Waals surface area contributed by atoms with Crippen molar-refractivity contribution in [1.29, 1.82) is 0 Å². The summed E-state index contributed by atoms with van der Waals surface area (Å²) in [6.45, 7) is 1.62. The van der Waals surface area contributed by atoms with Crippen LogP contribution in [-0.2, 0) is 17.7 Å². The number of H-pyrrole nitrogens is 1. The number of aromatic nitrogens is 2. The number of imidazole rings is 1. The number of carbonyl (C=O) groups is 1. The predicted octanol–water partition coefficient (Wildman–Crippen LogP) is 1.53. The smallest absolute Gasteiger partial charge is 0.337 e. The molecule has 0 spiro atoms. The summed E-state index contributed by atoms with van der Waals surface area (Å²) in [5.74, 6) is 0.672. The Kier molecular flexibility index (Phi) is 4.69. The molecule has 2 aromatic rings. The lowest BCUT2D eigenvalue weighted by atomic mass is 10.1. The van der Waals surface area contributed by atoms with Crippen molar-refractivity contribution in [2.45, 2.75) is 13.0 Å². The van der Waals surface area contributed by atoms with Gasteiger partial charge in [0, 0.05) is 31.9 Å². The number of aromatic amines is 1. The van der Waals surface area contributed by atoms with Crippen LogP contribution < -0.4 is 5.32 Å². The van der Waals surface area contributed by atoms with E-state index in [0.29, 0.717) is 5.56 Å². The van der Waals surface area contributed by atoms with Gasteiger partial charge in [-0.25, -0.2) is 9.78 Å². The topological polar surface area (TPSA) is 67.0 Å². The maximum atomic E-state index is 11.3. The van der Waals surface area contributed by atoms with Gasteiger partial charge in [0.1, 0.15) is 5.82 Å². The van der Waals surface area contributed by atoms with Gasteiger partial charge in [0.2, 0.25) is 0 Å². The summed E-state index contributed by atoms with van der Waals surface area (Å²) in [7, 11) is 1.38. The third-order valence-electron chi connectivity index (χ3n) is 2.80. The minimum atomic E-state index is -0.308. The molecule has 0 fully saturated rings. The van der Waals surface area contributed by atoms with Crippen LogP contribution >= 0.6 is 0 Å². The fourth-order valence-corrected chi connectivity index (χ4v) is 1.75. The minimum absolute atomic E-state index is 0.308. The van der Waals surface area contributed by atoms with Crippen molar-refractivity contribution >= 4 is 5.97 Å². The molecule has 0 saturated heterocycles. The molecule has 100 valence electrons. The molecule has 5 nitrogen and oxygen atoms in total. The van der Waals surface area contributed by atoms with E-state index >= 15 is 0 Å². The Hall–Kier alpha value is -2.14. The van der Waals surface area contributed by atoms with Gasteiger partial charge < -0.3 is 15.0 Å². The summed E-state index contributed by atoms with van der Waals surface area (Å²) in [4.78, 5) is 18.5. The SMILES string of the molecule is COC(=O)c1ccc(CNCCc2ncc[nH]2)cc1. The highest BCUT2D eigenvalue weighted by Crippen LogP contribution is 2.05. The zero-order valence-corrected chi connectivity index (χ0v) is 10.8. The molecule has 0 radical (unpaired) electrons. The number of rotatable bonds is 6. The molecule has 19 heavy (non-hydrogen) atoms. The van der Waals surface area contributed by atoms with E-state index in [-0.39, 0.29) is 5.97 Å². The predicted molar refractivity (Wildman–Crippen MR) is 71.8 cm³/mol. The summed E-state index contributed by atoms with van der Waals surface area (Å²) in [6, 6.07) is 7.39. The number of benzene rings is 1. The molecule has 0 saturated carbocycles. The van der Waals surface area contributed by atoms with Crippen LogP contribution in [0.3, 0.4) is 0 Å². The number of hydrogen-bond donors (Lipinski definition) is 2. The lowest BCUT2D eigenvalue weighted by Gasteiger charge is -2.05. The molecule has 0 unspecified atom stereocenters. The summed E-state index contributed by atoms with van der Waals surface area (Å²) in [5.41, 5.74) is 1.70. The van der Waals surface area contributed by atoms with Crippen molar-refractivity contribution in [3.63, 3.8) is 0 Å². The van der Waals surface area contributed by atoms with Crippen molar-refractivity contribution in [3.05, 3.63) is 53.6 Å². The summed E-state index contributed by atoms with van der Waals surface area (Å²) >= 11 is 0. The molecule has 0 atom stereocenters. The van der Waals surface area contributed by atoms with E-state index in [1.807, 2.05) is 18.3 Å². The Labute approximate surface area is 112 Å². The average molecular weight is 259 g/mol. The van der Waals surface area contributed by atoms with E-state index < -0.39 is 0 Å². The second kappa shape index (κ2) is 6.70. The summed E-state index contributed by atoms with van der Waals surface area (Å²) < 4.78 is 4.65. The monoisotopic (exact) mass is 259 g/mol. The van der Waals surface area contributed by atoms with Crippen LogP contribution in [0.4, 0.5) is 0 Å². The van der Waals surface area contributed by atoms with Gasteiger partial charge in [-0.2, -0.15) is 0 Å². The van der Waals surface area contributed by atoms with E-state index in [4.69, 9.17) is 0 Å². The normalized spacial score (nSPS) is 10.4. The highest BCUT2D eigenvalue weighted by atomic mass is 16.5. The fourth-order valence-electron chi connectivity index (χ4n) is 1.75. The first kappa shape index (κ1) is 13.3. The van der Waals surface area contributed by atoms with Gasteiger partial charge in [0.25, 0.3) is 0 Å². The fraction of sp³-hybridized carbons (Fsp3) is 0.286. The number of esters is 1. The maximum Gasteiger partial charge on any atom is 0.337 e. The number of carbonyl (C=O) groups excluding carboxylic acids is 1. The molecule has 5 heteroatoms. The molecule has 0 aliphatic carbocycles. The van der Waals surface area contributed by atoms with Gasteiger partial charge >= 0.3 is 5.97 Å². The van der Waals surface area contributed by atoms with Crippen LogP contribution in [0.2, 0.25) is 0 Å². The molecule has 2 rings (SSSR count).